The fourth-order valence-corrected chi connectivity index (χ4v) is 5.31. The fourth-order valence-electron chi connectivity index (χ4n) is 5.10. The van der Waals surface area contributed by atoms with E-state index in [0.29, 0.717) is 5.75 Å². The first kappa shape index (κ1) is 25.0. The van der Waals surface area contributed by atoms with Crippen LogP contribution in [-0.4, -0.2) is 48.4 Å². The van der Waals surface area contributed by atoms with Gasteiger partial charge in [-0.1, -0.05) is 29.8 Å². The molecule has 6 nitrogen and oxygen atoms in total. The summed E-state index contributed by atoms with van der Waals surface area (Å²) in [5, 5.41) is 15.3. The number of rotatable bonds is 8. The molecule has 38 heavy (non-hydrogen) atoms. The number of aromatic hydroxyl groups is 1. The number of methoxy groups -OCH3 is 1. The molecule has 7 heteroatoms. The number of benzene rings is 3. The first-order valence-corrected chi connectivity index (χ1v) is 13.6. The molecule has 0 radical (unpaired) electrons. The van der Waals surface area contributed by atoms with Gasteiger partial charge in [0.1, 0.15) is 0 Å². The average Bonchev–Trinajstić information content (AvgIpc) is 3.77. The van der Waals surface area contributed by atoms with E-state index in [0.717, 1.165) is 78.6 Å². The molecule has 0 amide bonds. The van der Waals surface area contributed by atoms with Gasteiger partial charge >= 0.3 is 0 Å². The van der Waals surface area contributed by atoms with Crippen molar-refractivity contribution in [2.75, 3.05) is 38.7 Å². The molecular weight excluding hydrogens is 498 g/mol. The zero-order chi connectivity index (χ0) is 26.1. The molecule has 0 atom stereocenters. The summed E-state index contributed by atoms with van der Waals surface area (Å²) in [5.41, 5.74) is 7.47. The fraction of sp³-hybridized carbons (Fsp3) is 0.323. The number of hydrogen-bond donors (Lipinski definition) is 2. The molecule has 1 saturated heterocycles. The van der Waals surface area contributed by atoms with Crippen LogP contribution < -0.4 is 10.1 Å². The van der Waals surface area contributed by atoms with E-state index in [4.69, 9.17) is 26.1 Å². The van der Waals surface area contributed by atoms with Crippen LogP contribution in [0.4, 0.5) is 11.4 Å². The molecule has 1 aliphatic carbocycles. The lowest BCUT2D eigenvalue weighted by Crippen LogP contribution is -2.35. The molecule has 2 fully saturated rings. The van der Waals surface area contributed by atoms with E-state index in [-0.39, 0.29) is 10.8 Å². The first-order chi connectivity index (χ1) is 18.6. The van der Waals surface area contributed by atoms with Crippen molar-refractivity contribution in [2.45, 2.75) is 25.8 Å². The van der Waals surface area contributed by atoms with Gasteiger partial charge in [0.25, 0.3) is 0 Å². The predicted octanol–water partition coefficient (Wildman–Crippen LogP) is 6.80. The highest BCUT2D eigenvalue weighted by atomic mass is 35.5. The number of hydrogen-bond acceptors (Lipinski definition) is 6. The maximum Gasteiger partial charge on any atom is 0.176 e. The summed E-state index contributed by atoms with van der Waals surface area (Å²) in [7, 11) is 1.53. The summed E-state index contributed by atoms with van der Waals surface area (Å²) in [4.78, 5) is 7.23. The second kappa shape index (κ2) is 10.8. The van der Waals surface area contributed by atoms with Gasteiger partial charge in [-0.2, -0.15) is 0 Å². The average molecular weight is 530 g/mol. The second-order valence-electron chi connectivity index (χ2n) is 10.3. The third-order valence-corrected chi connectivity index (χ3v) is 7.75. The number of nitrogens with one attached hydrogen (secondary N) is 1. The molecule has 2 aliphatic rings. The molecule has 2 N–H and O–H groups in total. The Kier molecular flexibility index (Phi) is 7.11. The highest BCUT2D eigenvalue weighted by Crippen LogP contribution is 2.41. The Bertz CT molecular complexity index is 1450. The van der Waals surface area contributed by atoms with E-state index in [1.54, 1.807) is 6.07 Å². The number of phenols is 1. The lowest BCUT2D eigenvalue weighted by Gasteiger charge is -2.26. The van der Waals surface area contributed by atoms with Crippen molar-refractivity contribution in [2.24, 2.45) is 5.92 Å². The Hall–Kier alpha value is -3.32. The van der Waals surface area contributed by atoms with Crippen LogP contribution in [-0.2, 0) is 17.7 Å². The van der Waals surface area contributed by atoms with E-state index in [2.05, 4.69) is 40.5 Å². The number of pyridine rings is 1. The van der Waals surface area contributed by atoms with Crippen LogP contribution in [0.3, 0.4) is 0 Å². The van der Waals surface area contributed by atoms with Crippen molar-refractivity contribution < 1.29 is 14.6 Å². The number of phenolic OH excluding ortho intramolecular Hbond substituents is 1. The minimum atomic E-state index is -0.0495. The van der Waals surface area contributed by atoms with Gasteiger partial charge in [0.15, 0.2) is 11.5 Å². The molecule has 0 unspecified atom stereocenters. The van der Waals surface area contributed by atoms with E-state index < -0.39 is 0 Å². The zero-order valence-corrected chi connectivity index (χ0v) is 22.3. The van der Waals surface area contributed by atoms with Crippen LogP contribution in [0.1, 0.15) is 24.0 Å². The van der Waals surface area contributed by atoms with Gasteiger partial charge in [0.05, 0.1) is 36.6 Å². The monoisotopic (exact) mass is 529 g/mol. The van der Waals surface area contributed by atoms with Crippen molar-refractivity contribution in [3.63, 3.8) is 0 Å². The molecule has 1 aliphatic heterocycles. The Morgan fingerprint density at radius 1 is 1.05 bits per heavy atom. The van der Waals surface area contributed by atoms with Crippen LogP contribution in [0.25, 0.3) is 22.0 Å². The number of nitrogens with zero attached hydrogens (tertiary/aromatic N) is 2. The summed E-state index contributed by atoms with van der Waals surface area (Å²) in [6.45, 7) is 4.52. The number of halogens is 1. The molecular formula is C31H32ClN3O3. The van der Waals surface area contributed by atoms with Crippen LogP contribution in [0.2, 0.25) is 5.02 Å². The maximum absolute atomic E-state index is 10.2. The Labute approximate surface area is 228 Å². The van der Waals surface area contributed by atoms with Crippen LogP contribution in [0.15, 0.2) is 60.8 Å². The van der Waals surface area contributed by atoms with Gasteiger partial charge in [0, 0.05) is 36.9 Å². The minimum Gasteiger partial charge on any atom is -0.503 e. The third kappa shape index (κ3) is 5.44. The lowest BCUT2D eigenvalue weighted by molar-refractivity contribution is 0.0342. The largest absolute Gasteiger partial charge is 0.503 e. The van der Waals surface area contributed by atoms with Gasteiger partial charge in [-0.05, 0) is 83.8 Å². The highest BCUT2D eigenvalue weighted by Gasteiger charge is 2.24. The smallest absolute Gasteiger partial charge is 0.176 e. The summed E-state index contributed by atoms with van der Waals surface area (Å²) in [5.74, 6) is 1.03. The first-order valence-electron chi connectivity index (χ1n) is 13.2. The van der Waals surface area contributed by atoms with Gasteiger partial charge in [0.2, 0.25) is 0 Å². The van der Waals surface area contributed by atoms with Gasteiger partial charge in [-0.15, -0.1) is 0 Å². The second-order valence-corrected chi connectivity index (χ2v) is 10.7. The SMILES string of the molecule is COc1cc(-c2ccc3ncc(CC4CC4)c(Nc4ccc(CN5CCOCC5)cc4)c3c2)cc(Cl)c1O. The van der Waals surface area contributed by atoms with Crippen molar-refractivity contribution in [3.8, 4) is 22.6 Å². The molecule has 1 aromatic heterocycles. The van der Waals surface area contributed by atoms with Crippen molar-refractivity contribution in [1.29, 1.82) is 0 Å². The van der Waals surface area contributed by atoms with E-state index in [9.17, 15) is 5.11 Å². The summed E-state index contributed by atoms with van der Waals surface area (Å²) in [6.07, 6.45) is 5.60. The normalized spacial score (nSPS) is 16.1. The van der Waals surface area contributed by atoms with Gasteiger partial charge in [-0.3, -0.25) is 9.88 Å². The number of fused-ring (bicyclic) bond motifs is 1. The summed E-state index contributed by atoms with van der Waals surface area (Å²) in [6, 6.07) is 18.5. The Balaban J connectivity index is 1.35. The van der Waals surface area contributed by atoms with Crippen LogP contribution in [0, 0.1) is 5.92 Å². The number of aromatic nitrogens is 1. The van der Waals surface area contributed by atoms with Crippen molar-refractivity contribution >= 4 is 33.9 Å². The van der Waals surface area contributed by atoms with Gasteiger partial charge < -0.3 is 19.9 Å². The molecule has 4 aromatic rings. The van der Waals surface area contributed by atoms with E-state index >= 15 is 0 Å². The van der Waals surface area contributed by atoms with E-state index in [1.165, 1.54) is 31.1 Å². The molecule has 1 saturated carbocycles. The number of anilines is 2. The number of morpholine rings is 1. The quantitative estimate of drug-likeness (QED) is 0.262. The molecule has 2 heterocycles. The van der Waals surface area contributed by atoms with Crippen LogP contribution >= 0.6 is 11.6 Å². The molecule has 3 aromatic carbocycles. The Morgan fingerprint density at radius 3 is 2.58 bits per heavy atom. The maximum atomic E-state index is 10.2. The highest BCUT2D eigenvalue weighted by molar-refractivity contribution is 6.32. The van der Waals surface area contributed by atoms with Gasteiger partial charge in [-0.25, -0.2) is 0 Å². The summed E-state index contributed by atoms with van der Waals surface area (Å²) < 4.78 is 10.8. The van der Waals surface area contributed by atoms with E-state index in [1.807, 2.05) is 24.4 Å². The zero-order valence-electron chi connectivity index (χ0n) is 21.5. The van der Waals surface area contributed by atoms with Crippen molar-refractivity contribution in [1.82, 2.24) is 9.88 Å². The molecule has 0 spiro atoms. The lowest BCUT2D eigenvalue weighted by atomic mass is 9.99. The predicted molar refractivity (Wildman–Crippen MR) is 153 cm³/mol. The van der Waals surface area contributed by atoms with Crippen molar-refractivity contribution in [3.05, 3.63) is 76.9 Å². The van der Waals surface area contributed by atoms with Crippen LogP contribution in [0.5, 0.6) is 11.5 Å². The molecule has 0 bridgehead atoms. The molecule has 6 rings (SSSR count). The summed E-state index contributed by atoms with van der Waals surface area (Å²) >= 11 is 6.30. The number of ether oxygens (including phenoxy) is 2. The molecule has 196 valence electrons. The minimum absolute atomic E-state index is 0.0495. The topological polar surface area (TPSA) is 66.9 Å². The third-order valence-electron chi connectivity index (χ3n) is 7.47. The standard InChI is InChI=1S/C31H32ClN3O3/c1-37-29-17-23(16-27(32)31(29)36)22-6-9-28-26(15-22)30(24(18-33-28)14-20-2-3-20)34-25-7-4-21(5-8-25)19-35-10-12-38-13-11-35/h4-9,15-18,20,36H,2-3,10-14,19H2,1H3,(H,33,34). The Morgan fingerprint density at radius 2 is 1.84 bits per heavy atom.